The maximum absolute atomic E-state index is 12.5. The van der Waals surface area contributed by atoms with E-state index >= 15 is 0 Å². The largest absolute Gasteiger partial charge is 1.00 e. The zero-order chi connectivity index (χ0) is 22.0. The van der Waals surface area contributed by atoms with Crippen LogP contribution in [0.25, 0.3) is 0 Å². The second kappa shape index (κ2) is 14.3. The Morgan fingerprint density at radius 2 is 1.60 bits per heavy atom. The fourth-order valence-electron chi connectivity index (χ4n) is 2.11. The molecule has 1 unspecified atom stereocenters. The van der Waals surface area contributed by atoms with Gasteiger partial charge in [0.15, 0.2) is 6.10 Å². The van der Waals surface area contributed by atoms with E-state index in [1.54, 1.807) is 0 Å². The summed E-state index contributed by atoms with van der Waals surface area (Å²) in [5, 5.41) is 23.2. The van der Waals surface area contributed by atoms with E-state index in [1.165, 1.54) is 11.8 Å². The predicted molar refractivity (Wildman–Crippen MR) is 102 cm³/mol. The number of carbonyl (C=O) groups is 2. The third-order valence-corrected chi connectivity index (χ3v) is 4.68. The molecule has 2 rings (SSSR count). The van der Waals surface area contributed by atoms with Crippen molar-refractivity contribution in [3.63, 3.8) is 0 Å². The Labute approximate surface area is 235 Å². The molecule has 0 aliphatic carbocycles. The molecular formula is C19H20CsF3O6S. The van der Waals surface area contributed by atoms with Gasteiger partial charge in [0.2, 0.25) is 0 Å². The SMILES string of the molecule is Cc1ccccc1SCCC(Oc1ccc(C(F)(F)F)cc1)C(=O)O.O=C(O)O.[Cs+].[H-]. The summed E-state index contributed by atoms with van der Waals surface area (Å²) in [5.74, 6) is -0.533. The van der Waals surface area contributed by atoms with Gasteiger partial charge in [-0.15, -0.1) is 11.8 Å². The normalized spacial score (nSPS) is 11.3. The first kappa shape index (κ1) is 29.2. The molecule has 2 aromatic carbocycles. The first-order chi connectivity index (χ1) is 13.5. The van der Waals surface area contributed by atoms with Crippen molar-refractivity contribution in [1.29, 1.82) is 0 Å². The molecule has 0 aliphatic rings. The van der Waals surface area contributed by atoms with E-state index < -0.39 is 30.0 Å². The average Bonchev–Trinajstić information content (AvgIpc) is 2.61. The van der Waals surface area contributed by atoms with Crippen LogP contribution in [0.5, 0.6) is 5.75 Å². The fourth-order valence-corrected chi connectivity index (χ4v) is 3.14. The molecule has 0 aromatic heterocycles. The molecule has 3 N–H and O–H groups in total. The van der Waals surface area contributed by atoms with Crippen molar-refractivity contribution >= 4 is 23.9 Å². The smallest absolute Gasteiger partial charge is 1.00 e. The molecule has 0 amide bonds. The van der Waals surface area contributed by atoms with Crippen LogP contribution >= 0.6 is 11.8 Å². The minimum Gasteiger partial charge on any atom is -1.00 e. The molecule has 0 fully saturated rings. The van der Waals surface area contributed by atoms with Crippen molar-refractivity contribution in [2.24, 2.45) is 0 Å². The molecule has 0 radical (unpaired) electrons. The maximum atomic E-state index is 12.5. The van der Waals surface area contributed by atoms with E-state index in [0.29, 0.717) is 5.75 Å². The van der Waals surface area contributed by atoms with Gasteiger partial charge in [0.25, 0.3) is 0 Å². The number of benzene rings is 2. The third-order valence-electron chi connectivity index (χ3n) is 3.47. The molecule has 2 aromatic rings. The Hall–Kier alpha value is -0.828. The topological polar surface area (TPSA) is 104 Å². The molecular weight excluding hydrogens is 546 g/mol. The van der Waals surface area contributed by atoms with Crippen LogP contribution < -0.4 is 73.6 Å². The predicted octanol–water partition coefficient (Wildman–Crippen LogP) is 2.37. The van der Waals surface area contributed by atoms with Gasteiger partial charge in [-0.1, -0.05) is 18.2 Å². The first-order valence-corrected chi connectivity index (χ1v) is 9.16. The van der Waals surface area contributed by atoms with E-state index in [4.69, 9.17) is 19.7 Å². The number of aliphatic carboxylic acids is 1. The molecule has 160 valence electrons. The molecule has 11 heteroatoms. The van der Waals surface area contributed by atoms with Crippen molar-refractivity contribution in [1.82, 2.24) is 0 Å². The van der Waals surface area contributed by atoms with Crippen molar-refractivity contribution in [3.05, 3.63) is 59.7 Å². The Bertz CT molecular complexity index is 817. The zero-order valence-electron chi connectivity index (χ0n) is 17.2. The molecule has 0 bridgehead atoms. The zero-order valence-corrected chi connectivity index (χ0v) is 23.3. The molecule has 0 aliphatic heterocycles. The Kier molecular flexibility index (Phi) is 13.9. The molecule has 0 saturated carbocycles. The number of hydrogen-bond donors (Lipinski definition) is 3. The van der Waals surface area contributed by atoms with E-state index in [1.807, 2.05) is 31.2 Å². The minimum atomic E-state index is -4.44. The summed E-state index contributed by atoms with van der Waals surface area (Å²) in [5.41, 5.74) is 0.296. The van der Waals surface area contributed by atoms with Crippen LogP contribution in [-0.2, 0) is 11.0 Å². The van der Waals surface area contributed by atoms with Crippen molar-refractivity contribution in [2.75, 3.05) is 5.75 Å². The van der Waals surface area contributed by atoms with Crippen LogP contribution in [0.1, 0.15) is 19.0 Å². The summed E-state index contributed by atoms with van der Waals surface area (Å²) in [6, 6.07) is 11.8. The molecule has 1 atom stereocenters. The monoisotopic (exact) mass is 566 g/mol. The molecule has 0 spiro atoms. The fraction of sp³-hybridized carbons (Fsp3) is 0.263. The second-order valence-corrected chi connectivity index (χ2v) is 6.79. The molecule has 6 nitrogen and oxygen atoms in total. The van der Waals surface area contributed by atoms with Crippen LogP contribution in [0.2, 0.25) is 0 Å². The number of carboxylic acid groups (broad SMARTS) is 3. The summed E-state index contributed by atoms with van der Waals surface area (Å²) in [4.78, 5) is 20.9. The standard InChI is InChI=1S/C18H17F3O3S.CH2O3.Cs.H/c1-12-4-2-3-5-16(12)25-11-10-15(17(22)23)24-14-8-6-13(7-9-14)18(19,20)21;2-1(3)4;;/h2-9,15H,10-11H2,1H3,(H,22,23);(H2,2,3,4);;/q;;+1;-1. The average molecular weight is 566 g/mol. The van der Waals surface area contributed by atoms with Crippen LogP contribution in [0.3, 0.4) is 0 Å². The quantitative estimate of drug-likeness (QED) is 0.443. The van der Waals surface area contributed by atoms with Crippen molar-refractivity contribution < 1.29 is 113 Å². The van der Waals surface area contributed by atoms with Crippen LogP contribution in [0.4, 0.5) is 18.0 Å². The van der Waals surface area contributed by atoms with Gasteiger partial charge < -0.3 is 21.5 Å². The summed E-state index contributed by atoms with van der Waals surface area (Å²) >= 11 is 1.52. The molecule has 0 saturated heterocycles. The van der Waals surface area contributed by atoms with Gasteiger partial charge in [0.05, 0.1) is 5.56 Å². The third kappa shape index (κ3) is 11.5. The number of carboxylic acids is 1. The van der Waals surface area contributed by atoms with Gasteiger partial charge in [-0.25, -0.2) is 9.59 Å². The van der Waals surface area contributed by atoms with Gasteiger partial charge in [-0.05, 0) is 42.8 Å². The Balaban J connectivity index is 0. The first-order valence-electron chi connectivity index (χ1n) is 8.17. The maximum Gasteiger partial charge on any atom is 1.00 e. The Morgan fingerprint density at radius 1 is 1.07 bits per heavy atom. The van der Waals surface area contributed by atoms with E-state index in [-0.39, 0.29) is 82.5 Å². The number of hydrogen-bond acceptors (Lipinski definition) is 4. The summed E-state index contributed by atoms with van der Waals surface area (Å²) < 4.78 is 42.9. The number of aryl methyl sites for hydroxylation is 1. The van der Waals surface area contributed by atoms with Gasteiger partial charge in [0.1, 0.15) is 5.75 Å². The number of thioether (sulfide) groups is 1. The number of alkyl halides is 3. The van der Waals surface area contributed by atoms with Gasteiger partial charge in [-0.2, -0.15) is 13.2 Å². The molecule has 30 heavy (non-hydrogen) atoms. The summed E-state index contributed by atoms with van der Waals surface area (Å²) in [7, 11) is 0. The van der Waals surface area contributed by atoms with E-state index in [2.05, 4.69) is 0 Å². The van der Waals surface area contributed by atoms with Crippen molar-refractivity contribution in [2.45, 2.75) is 30.5 Å². The Morgan fingerprint density at radius 3 is 2.07 bits per heavy atom. The van der Waals surface area contributed by atoms with Gasteiger partial charge >= 0.3 is 87.2 Å². The van der Waals surface area contributed by atoms with Crippen LogP contribution in [0.15, 0.2) is 53.4 Å². The van der Waals surface area contributed by atoms with Gasteiger partial charge in [0, 0.05) is 17.1 Å². The van der Waals surface area contributed by atoms with Gasteiger partial charge in [-0.3, -0.25) is 0 Å². The summed E-state index contributed by atoms with van der Waals surface area (Å²) in [6.07, 6.45) is -7.15. The van der Waals surface area contributed by atoms with Crippen molar-refractivity contribution in [3.8, 4) is 5.75 Å². The van der Waals surface area contributed by atoms with Crippen LogP contribution in [0, 0.1) is 6.92 Å². The van der Waals surface area contributed by atoms with E-state index in [0.717, 1.165) is 34.7 Å². The van der Waals surface area contributed by atoms with E-state index in [9.17, 15) is 23.1 Å². The summed E-state index contributed by atoms with van der Waals surface area (Å²) in [6.45, 7) is 1.97. The minimum absolute atomic E-state index is 0. The second-order valence-electron chi connectivity index (χ2n) is 5.65. The van der Waals surface area contributed by atoms with Crippen LogP contribution in [-0.4, -0.2) is 39.3 Å². The number of halogens is 3. The number of ether oxygens (including phenoxy) is 1. The number of rotatable bonds is 7. The molecule has 0 heterocycles.